The summed E-state index contributed by atoms with van der Waals surface area (Å²) < 4.78 is 27.3. The Hall–Kier alpha value is -10.9. The van der Waals surface area contributed by atoms with Gasteiger partial charge < -0.3 is 53.5 Å². The maximum Gasteiger partial charge on any atom is 0.228 e. The molecule has 0 spiro atoms. The first-order valence-electron chi connectivity index (χ1n) is 56.4. The Labute approximate surface area is 874 Å². The van der Waals surface area contributed by atoms with E-state index in [1.54, 1.807) is 53.4 Å². The molecule has 780 valence electrons. The van der Waals surface area contributed by atoms with Crippen LogP contribution < -0.4 is 23.7 Å². The molecule has 6 saturated carbocycles. The number of hydrogen-bond donors (Lipinski definition) is 2. The van der Waals surface area contributed by atoms with Crippen molar-refractivity contribution in [1.82, 2.24) is 44.1 Å². The summed E-state index contributed by atoms with van der Waals surface area (Å²) >= 11 is 0. The number of carbonyl (C=O) groups excluding carboxylic acids is 6. The van der Waals surface area contributed by atoms with Gasteiger partial charge in [-0.1, -0.05) is 84.4 Å². The van der Waals surface area contributed by atoms with Crippen LogP contribution >= 0.6 is 0 Å². The number of likely N-dealkylation sites (tertiary alicyclic amines) is 8. The fourth-order valence-corrected chi connectivity index (χ4v) is 31.4. The number of carbonyl (C=O) groups is 6. The minimum Gasteiger partial charge on any atom is -0.508 e. The Morgan fingerprint density at radius 2 is 0.682 bits per heavy atom. The molecule has 22 heteroatoms. The molecule has 0 radical (unpaired) electrons. The minimum absolute atomic E-state index is 0.0492. The Kier molecular flexibility index (Phi) is 26.8. The largest absolute Gasteiger partial charge is 0.508 e. The zero-order chi connectivity index (χ0) is 101. The molecule has 22 nitrogen and oxygen atoms in total. The predicted molar refractivity (Wildman–Crippen MR) is 571 cm³/mol. The van der Waals surface area contributed by atoms with Gasteiger partial charge in [0.25, 0.3) is 0 Å². The van der Waals surface area contributed by atoms with Crippen molar-refractivity contribution < 1.29 is 62.7 Å². The fourth-order valence-electron chi connectivity index (χ4n) is 31.4. The van der Waals surface area contributed by atoms with E-state index in [1.165, 1.54) is 176 Å². The summed E-state index contributed by atoms with van der Waals surface area (Å²) in [5, 5.41) is 20.4. The van der Waals surface area contributed by atoms with Gasteiger partial charge in [-0.15, -0.1) is 0 Å². The van der Waals surface area contributed by atoms with Crippen molar-refractivity contribution in [2.75, 3.05) is 127 Å². The van der Waals surface area contributed by atoms with E-state index < -0.39 is 0 Å². The number of amides is 4. The van der Waals surface area contributed by atoms with Crippen molar-refractivity contribution in [3.05, 3.63) is 253 Å². The monoisotopic (exact) mass is 2000 g/mol. The first kappa shape index (κ1) is 99.1. The van der Waals surface area contributed by atoms with Crippen LogP contribution in [-0.4, -0.2) is 247 Å². The summed E-state index contributed by atoms with van der Waals surface area (Å²) in [6.07, 6.45) is 31.3. The van der Waals surface area contributed by atoms with Gasteiger partial charge in [-0.25, -0.2) is 0 Å². The van der Waals surface area contributed by atoms with Crippen molar-refractivity contribution >= 4 is 35.2 Å². The van der Waals surface area contributed by atoms with Gasteiger partial charge in [0.05, 0.1) is 48.6 Å². The first-order valence-corrected chi connectivity index (χ1v) is 56.4. The van der Waals surface area contributed by atoms with Crippen LogP contribution in [0.5, 0.6) is 40.2 Å². The number of ether oxygens (including phenoxy) is 5. The molecular formula is C126H153N9O13. The lowest BCUT2D eigenvalue weighted by Gasteiger charge is -2.60. The number of methoxy groups -OCH3 is 5. The van der Waals surface area contributed by atoms with Gasteiger partial charge in [0.1, 0.15) is 51.8 Å². The van der Waals surface area contributed by atoms with Crippen LogP contribution in [0, 0.1) is 60.2 Å². The van der Waals surface area contributed by atoms with Crippen LogP contribution in [-0.2, 0) is 108 Å². The molecule has 11 aliphatic carbocycles. The Morgan fingerprint density at radius 3 is 1.09 bits per heavy atom. The van der Waals surface area contributed by atoms with Crippen LogP contribution in [0.2, 0.25) is 0 Å². The van der Waals surface area contributed by atoms with E-state index in [0.717, 1.165) is 192 Å². The molecule has 8 aromatic carbocycles. The molecule has 14 atom stereocenters. The number of hydrogen-bond acceptors (Lipinski definition) is 18. The molecule has 148 heavy (non-hydrogen) atoms. The predicted octanol–water partition coefficient (Wildman–Crippen LogP) is 17.8. The summed E-state index contributed by atoms with van der Waals surface area (Å²) in [5.41, 5.74) is 19.2. The minimum atomic E-state index is -0.194. The normalized spacial score (nSPS) is 30.3. The van der Waals surface area contributed by atoms with Gasteiger partial charge >= 0.3 is 0 Å². The van der Waals surface area contributed by atoms with E-state index in [-0.39, 0.29) is 63.0 Å². The van der Waals surface area contributed by atoms with Crippen LogP contribution in [0.4, 0.5) is 0 Å². The second-order valence-corrected chi connectivity index (χ2v) is 48.9. The average Bonchev–Trinajstić information content (AvgIpc) is 1.44. The van der Waals surface area contributed by atoms with E-state index in [4.69, 9.17) is 23.7 Å². The van der Waals surface area contributed by atoms with Crippen LogP contribution in [0.15, 0.2) is 176 Å². The Balaban J connectivity index is 0.0000000992. The van der Waals surface area contributed by atoms with Crippen LogP contribution in [0.3, 0.4) is 0 Å². The Morgan fingerprint density at radius 1 is 0.345 bits per heavy atom. The van der Waals surface area contributed by atoms with Crippen molar-refractivity contribution in [3.8, 4) is 40.2 Å². The van der Waals surface area contributed by atoms with E-state index in [0.29, 0.717) is 123 Å². The zero-order valence-electron chi connectivity index (χ0n) is 88.3. The molecule has 9 heterocycles. The standard InChI is InChI=1S/C28H34N2O3.C28H32N2O3.C27H32N2O2.C22H28N2O3.C21H27NO2/c2*1-32-22-8-5-20(6-9-22)17-30-18-25-26-13-21-7-10-23(33-2)14-24(21)28(25,15-27(30)31)11-12-29(26)16-19-3-4-19;1-18-2-4-19(5-3-18)16-29-17-24-25-12-21-8-9-22(30)13-23(21)27(24,14-26(29)31)10-11-28(25)15-20-6-7-20;1-14(25)11-24-13-19-20-8-16-4-5-17(26)9-18(16)22(19,10-21(24)27)6-7-23(20)12-15-2-3-15;1-24-17-6-4-15-10-20-18-7-5-16(23)12-21(18,19(15)11-17)8-9-22(20)13-14-2-3-14/h5-10,14,19,25-26H,3-4,11-13,15-18H2,1-2H3;5-10,14,18-19,26H,3-4,11-13,15-17H2,1-2H3;2-5,8-9,13,20,24-25,30H,6-7,10-12,14-17H2,1H3;4-5,9,15,19-20,26H,2-3,6-8,10-13H2,1H3;4,6,11,14,18,20H,2-3,5,7-10,12-13H2,1H3/t25-,26+,28+;26-,28-;24-,25+,27+;19-,20+,22+;18-,20+,21-/m01000/s1. The maximum atomic E-state index is 13.6. The van der Waals surface area contributed by atoms with Gasteiger partial charge in [0.15, 0.2) is 0 Å². The molecule has 2 N–H and O–H groups in total. The number of fused-ring (bicyclic) bond motifs is 5. The molecule has 9 aliphatic heterocycles. The van der Waals surface area contributed by atoms with Gasteiger partial charge in [-0.3, -0.25) is 53.3 Å². The highest BCUT2D eigenvalue weighted by Crippen LogP contribution is 2.62. The highest BCUT2D eigenvalue weighted by molar-refractivity contribution is 5.87. The molecule has 14 fully saturated rings. The molecule has 20 aliphatic rings. The summed E-state index contributed by atoms with van der Waals surface area (Å²) in [4.78, 5) is 99.2. The third kappa shape index (κ3) is 19.1. The number of Topliss-reactive ketones (excluding diaryl/α,β-unsaturated/α-hetero) is 2. The quantitative estimate of drug-likeness (QED) is 0.0608. The third-order valence-electron chi connectivity index (χ3n) is 40.0. The zero-order valence-corrected chi connectivity index (χ0v) is 88.3. The second-order valence-electron chi connectivity index (χ2n) is 48.9. The van der Waals surface area contributed by atoms with Gasteiger partial charge in [-0.2, -0.15) is 0 Å². The van der Waals surface area contributed by atoms with Gasteiger partial charge in [0, 0.05) is 185 Å². The lowest BCUT2D eigenvalue weighted by molar-refractivity contribution is -0.147. The molecule has 4 amide bonds. The number of rotatable bonds is 23. The molecule has 8 saturated heterocycles. The van der Waals surface area contributed by atoms with E-state index in [2.05, 4.69) is 163 Å². The van der Waals surface area contributed by atoms with Crippen molar-refractivity contribution in [1.29, 1.82) is 0 Å². The SMILES string of the molecule is CC(=O)CN1C[C@H]2[C@H]3Cc4ccc(O)cc4[C@@]2(CCN3CC2CC2)CC1=O.COc1ccc(CN2C=C3[C@H]4Cc5ccc(OC)cc5[C@@]3(CCN4CC3CC3)CC2=O)cc1.COc1ccc(CN2C[C@H]3[C@H]4Cc5ccc(OC)cc5[C@@]3(CCN4CC3CC3)CC2=O)cc1.COc1ccc2c(c1)[C@]13CCN(CC4CC4)[C@H](C2)[C@@H]1CCC(=O)C3.Cc1ccc(CN2C[C@H]3[C@H]4Cc5ccc(O)cc5[C@@]3(CCN4CC3CC3)CC2=O)cc1. The molecule has 10 bridgehead atoms. The number of nitrogens with zero attached hydrogens (tertiary/aromatic N) is 9. The Bertz CT molecular complexity index is 6400. The van der Waals surface area contributed by atoms with Crippen LogP contribution in [0.1, 0.15) is 226 Å². The van der Waals surface area contributed by atoms with Crippen molar-refractivity contribution in [2.24, 2.45) is 53.3 Å². The molecular weight excluding hydrogens is 1850 g/mol. The molecule has 8 aromatic rings. The van der Waals surface area contributed by atoms with Crippen LogP contribution in [0.25, 0.3) is 0 Å². The maximum absolute atomic E-state index is 13.6. The smallest absolute Gasteiger partial charge is 0.228 e. The second kappa shape index (κ2) is 40.0. The number of aromatic hydroxyl groups is 2. The molecule has 28 rings (SSSR count). The number of phenolic OH excluding ortho intramolecular Hbond substituents is 2. The van der Waals surface area contributed by atoms with Crippen molar-refractivity contribution in [3.63, 3.8) is 0 Å². The van der Waals surface area contributed by atoms with E-state index in [9.17, 15) is 39.0 Å². The summed E-state index contributed by atoms with van der Waals surface area (Å²) in [5.74, 6) is 12.7. The van der Waals surface area contributed by atoms with E-state index in [1.807, 2.05) is 47.4 Å². The first-order chi connectivity index (χ1) is 71.8. The van der Waals surface area contributed by atoms with Crippen molar-refractivity contribution in [2.45, 2.75) is 264 Å². The number of piperidine rings is 8. The lowest BCUT2D eigenvalue weighted by atomic mass is 9.52. The van der Waals surface area contributed by atoms with E-state index >= 15 is 0 Å². The highest BCUT2D eigenvalue weighted by atomic mass is 16.5. The molecule has 0 aromatic heterocycles. The highest BCUT2D eigenvalue weighted by Gasteiger charge is 2.64. The van der Waals surface area contributed by atoms with Gasteiger partial charge in [0.2, 0.25) is 23.6 Å². The fraction of sp³-hybridized carbons (Fsp3) is 0.556. The average molecular weight is 2000 g/mol. The number of phenols is 2. The third-order valence-corrected chi connectivity index (χ3v) is 40.0. The number of aryl methyl sites for hydroxylation is 1. The summed E-state index contributed by atoms with van der Waals surface area (Å²) in [6, 6.07) is 58.6. The van der Waals surface area contributed by atoms with Gasteiger partial charge in [-0.05, 0) is 380 Å². The summed E-state index contributed by atoms with van der Waals surface area (Å²) in [6.45, 7) is 19.8. The number of benzene rings is 8. The summed E-state index contributed by atoms with van der Waals surface area (Å²) in [7, 11) is 8.57. The molecule has 0 unspecified atom stereocenters. The lowest BCUT2D eigenvalue weighted by Crippen LogP contribution is -2.67. The topological polar surface area (TPSA) is 218 Å². The number of ketones is 2.